The maximum atomic E-state index is 14.1. The summed E-state index contributed by atoms with van der Waals surface area (Å²) in [5.41, 5.74) is 1.22. The van der Waals surface area contributed by atoms with Gasteiger partial charge in [-0.25, -0.2) is 8.42 Å². The number of hydrogen-bond acceptors (Lipinski definition) is 4. The van der Waals surface area contributed by atoms with E-state index in [-0.39, 0.29) is 18.9 Å². The molecule has 214 valence electrons. The minimum absolute atomic E-state index is 0.00164. The van der Waals surface area contributed by atoms with E-state index in [1.807, 2.05) is 51.1 Å². The van der Waals surface area contributed by atoms with E-state index in [4.69, 9.17) is 23.2 Å². The highest BCUT2D eigenvalue weighted by atomic mass is 79.9. The number of halogens is 3. The van der Waals surface area contributed by atoms with Crippen molar-refractivity contribution in [3.8, 4) is 0 Å². The standard InChI is InChI=1S/C29H32BrCl2N3O4S/c1-29(2,3)33-28(37)26(17-20-10-6-5-7-11-20)34(18-21-14-15-23(31)24(32)16-21)27(36)19-35(40(4,38)39)25-13-9-8-12-22(25)30/h5-16,26H,17-19H2,1-4H3,(H,33,37). The topological polar surface area (TPSA) is 86.8 Å². The average molecular weight is 669 g/mol. The largest absolute Gasteiger partial charge is 0.350 e. The molecule has 3 aromatic carbocycles. The second-order valence-electron chi connectivity index (χ2n) is 10.4. The summed E-state index contributed by atoms with van der Waals surface area (Å²) in [7, 11) is -3.87. The second-order valence-corrected chi connectivity index (χ2v) is 14.0. The summed E-state index contributed by atoms with van der Waals surface area (Å²) in [6.07, 6.45) is 1.25. The monoisotopic (exact) mass is 667 g/mol. The van der Waals surface area contributed by atoms with Crippen molar-refractivity contribution in [1.82, 2.24) is 10.2 Å². The van der Waals surface area contributed by atoms with E-state index in [9.17, 15) is 18.0 Å². The molecule has 1 atom stereocenters. The van der Waals surface area contributed by atoms with Crippen LogP contribution in [0.3, 0.4) is 0 Å². The maximum absolute atomic E-state index is 14.1. The van der Waals surface area contributed by atoms with E-state index < -0.39 is 34.1 Å². The summed E-state index contributed by atoms with van der Waals surface area (Å²) < 4.78 is 27.3. The lowest BCUT2D eigenvalue weighted by Gasteiger charge is -2.35. The molecule has 3 aromatic rings. The Morgan fingerprint density at radius 3 is 2.12 bits per heavy atom. The second kappa shape index (κ2) is 13.4. The molecule has 0 saturated carbocycles. The van der Waals surface area contributed by atoms with Crippen molar-refractivity contribution in [1.29, 1.82) is 0 Å². The fourth-order valence-electron chi connectivity index (χ4n) is 4.09. The van der Waals surface area contributed by atoms with Crippen molar-refractivity contribution >= 4 is 66.7 Å². The Kier molecular flexibility index (Phi) is 10.7. The predicted molar refractivity (Wildman–Crippen MR) is 165 cm³/mol. The molecule has 0 bridgehead atoms. The molecule has 3 rings (SSSR count). The fourth-order valence-corrected chi connectivity index (χ4v) is 5.89. The highest BCUT2D eigenvalue weighted by Gasteiger charge is 2.34. The lowest BCUT2D eigenvalue weighted by molar-refractivity contribution is -0.140. The van der Waals surface area contributed by atoms with Gasteiger partial charge in [-0.3, -0.25) is 13.9 Å². The smallest absolute Gasteiger partial charge is 0.244 e. The van der Waals surface area contributed by atoms with Crippen LogP contribution in [0.1, 0.15) is 31.9 Å². The van der Waals surface area contributed by atoms with E-state index in [2.05, 4.69) is 21.2 Å². The normalized spacial score (nSPS) is 12.5. The Labute approximate surface area is 254 Å². The summed E-state index contributed by atoms with van der Waals surface area (Å²) in [4.78, 5) is 29.2. The summed E-state index contributed by atoms with van der Waals surface area (Å²) in [5.74, 6) is -0.922. The third-order valence-electron chi connectivity index (χ3n) is 5.91. The molecule has 0 aliphatic rings. The van der Waals surface area contributed by atoms with Gasteiger partial charge in [0.05, 0.1) is 22.0 Å². The van der Waals surface area contributed by atoms with E-state index in [1.165, 1.54) is 4.90 Å². The van der Waals surface area contributed by atoms with Crippen molar-refractivity contribution in [3.63, 3.8) is 0 Å². The van der Waals surface area contributed by atoms with Gasteiger partial charge in [-0.1, -0.05) is 71.7 Å². The van der Waals surface area contributed by atoms with E-state index in [1.54, 1.807) is 42.5 Å². The number of hydrogen-bond donors (Lipinski definition) is 1. The Morgan fingerprint density at radius 2 is 1.55 bits per heavy atom. The van der Waals surface area contributed by atoms with Gasteiger partial charge < -0.3 is 10.2 Å². The van der Waals surface area contributed by atoms with Crippen LogP contribution in [0.2, 0.25) is 10.0 Å². The first-order valence-electron chi connectivity index (χ1n) is 12.5. The molecule has 0 aromatic heterocycles. The number of amides is 2. The van der Waals surface area contributed by atoms with E-state index in [0.29, 0.717) is 25.8 Å². The lowest BCUT2D eigenvalue weighted by atomic mass is 10.0. The number of rotatable bonds is 10. The molecule has 1 N–H and O–H groups in total. The SMILES string of the molecule is CC(C)(C)NC(=O)C(Cc1ccccc1)N(Cc1ccc(Cl)c(Cl)c1)C(=O)CN(c1ccccc1Br)S(C)(=O)=O. The molecule has 1 unspecified atom stereocenters. The first kappa shape index (κ1) is 31.9. The molecule has 0 aliphatic carbocycles. The number of nitrogens with one attached hydrogen (secondary N) is 1. The molecule has 7 nitrogen and oxygen atoms in total. The number of anilines is 1. The van der Waals surface area contributed by atoms with Crippen LogP contribution in [0, 0.1) is 0 Å². The highest BCUT2D eigenvalue weighted by Crippen LogP contribution is 2.29. The Hall–Kier alpha value is -2.59. The van der Waals surface area contributed by atoms with Crippen LogP contribution in [0.25, 0.3) is 0 Å². The zero-order chi connectivity index (χ0) is 29.7. The lowest BCUT2D eigenvalue weighted by Crippen LogP contribution is -2.56. The first-order valence-corrected chi connectivity index (χ1v) is 15.9. The van der Waals surface area contributed by atoms with Crippen LogP contribution in [-0.2, 0) is 32.6 Å². The van der Waals surface area contributed by atoms with Gasteiger partial charge >= 0.3 is 0 Å². The molecule has 0 radical (unpaired) electrons. The number of carbonyl (C=O) groups excluding carboxylic acids is 2. The van der Waals surface area contributed by atoms with Crippen molar-refractivity contribution in [2.45, 2.75) is 45.3 Å². The minimum atomic E-state index is -3.87. The van der Waals surface area contributed by atoms with Gasteiger partial charge in [0.25, 0.3) is 0 Å². The molecule has 0 aliphatic heterocycles. The quantitative estimate of drug-likeness (QED) is 0.284. The summed E-state index contributed by atoms with van der Waals surface area (Å²) >= 11 is 15.8. The molecule has 0 heterocycles. The number of para-hydroxylation sites is 1. The van der Waals surface area contributed by atoms with Crippen LogP contribution >= 0.6 is 39.1 Å². The fraction of sp³-hybridized carbons (Fsp3) is 0.310. The first-order chi connectivity index (χ1) is 18.7. The van der Waals surface area contributed by atoms with Crippen LogP contribution in [0.15, 0.2) is 77.3 Å². The van der Waals surface area contributed by atoms with Crippen molar-refractivity contribution in [2.75, 3.05) is 17.1 Å². The molecular weight excluding hydrogens is 637 g/mol. The van der Waals surface area contributed by atoms with Gasteiger partial charge in [-0.15, -0.1) is 0 Å². The predicted octanol–water partition coefficient (Wildman–Crippen LogP) is 6.08. The van der Waals surface area contributed by atoms with Gasteiger partial charge in [0.15, 0.2) is 0 Å². The molecule has 40 heavy (non-hydrogen) atoms. The minimum Gasteiger partial charge on any atom is -0.350 e. The summed E-state index contributed by atoms with van der Waals surface area (Å²) in [6, 6.07) is 20.1. The number of benzene rings is 3. The third-order valence-corrected chi connectivity index (χ3v) is 8.44. The zero-order valence-corrected chi connectivity index (χ0v) is 26.6. The Bertz CT molecular complexity index is 1460. The van der Waals surface area contributed by atoms with Crippen molar-refractivity contribution in [2.24, 2.45) is 0 Å². The number of sulfonamides is 1. The van der Waals surface area contributed by atoms with Gasteiger partial charge in [-0.05, 0) is 72.1 Å². The van der Waals surface area contributed by atoms with Crippen LogP contribution in [-0.4, -0.2) is 49.5 Å². The third kappa shape index (κ3) is 8.96. The maximum Gasteiger partial charge on any atom is 0.244 e. The highest BCUT2D eigenvalue weighted by molar-refractivity contribution is 9.10. The van der Waals surface area contributed by atoms with Crippen LogP contribution in [0.4, 0.5) is 5.69 Å². The zero-order valence-electron chi connectivity index (χ0n) is 22.7. The molecule has 0 spiro atoms. The summed E-state index contributed by atoms with van der Waals surface area (Å²) in [6.45, 7) is 5.05. The molecule has 2 amide bonds. The van der Waals surface area contributed by atoms with Gasteiger partial charge in [0, 0.05) is 23.0 Å². The molecule has 11 heteroatoms. The van der Waals surface area contributed by atoms with Gasteiger partial charge in [0.2, 0.25) is 21.8 Å². The Balaban J connectivity index is 2.10. The Morgan fingerprint density at radius 1 is 0.925 bits per heavy atom. The van der Waals surface area contributed by atoms with E-state index >= 15 is 0 Å². The van der Waals surface area contributed by atoms with Crippen molar-refractivity contribution < 1.29 is 18.0 Å². The molecule has 0 saturated heterocycles. The van der Waals surface area contributed by atoms with Crippen molar-refractivity contribution in [3.05, 3.63) is 98.4 Å². The van der Waals surface area contributed by atoms with E-state index in [0.717, 1.165) is 16.1 Å². The van der Waals surface area contributed by atoms with Crippen LogP contribution < -0.4 is 9.62 Å². The number of carbonyl (C=O) groups is 2. The van der Waals surface area contributed by atoms with Gasteiger partial charge in [0.1, 0.15) is 12.6 Å². The summed E-state index contributed by atoms with van der Waals surface area (Å²) in [5, 5.41) is 3.64. The molecule has 0 fully saturated rings. The average Bonchev–Trinajstić information content (AvgIpc) is 2.86. The molecular formula is C29H32BrCl2N3O4S. The van der Waals surface area contributed by atoms with Gasteiger partial charge in [-0.2, -0.15) is 0 Å². The van der Waals surface area contributed by atoms with Crippen LogP contribution in [0.5, 0.6) is 0 Å². The number of nitrogens with zero attached hydrogens (tertiary/aromatic N) is 2.